The Labute approximate surface area is 286 Å². The Kier molecular flexibility index (Phi) is 6.36. The van der Waals surface area contributed by atoms with Gasteiger partial charge in [-0.2, -0.15) is 0 Å². The van der Waals surface area contributed by atoms with Crippen LogP contribution in [0.5, 0.6) is 0 Å². The highest BCUT2D eigenvalue weighted by molar-refractivity contribution is 7.25. The van der Waals surface area contributed by atoms with Gasteiger partial charge in [-0.1, -0.05) is 91.0 Å². The van der Waals surface area contributed by atoms with Crippen LogP contribution in [0.25, 0.3) is 75.1 Å². The maximum absolute atomic E-state index is 6.19. The van der Waals surface area contributed by atoms with Crippen molar-refractivity contribution in [1.82, 2.24) is 4.98 Å². The summed E-state index contributed by atoms with van der Waals surface area (Å²) >= 11 is 1.82. The molecule has 0 N–H and O–H groups in total. The number of nitrogens with zero attached hydrogens (tertiary/aromatic N) is 2. The number of thiophene rings is 1. The molecule has 0 unspecified atom stereocenters. The van der Waals surface area contributed by atoms with E-state index in [0.29, 0.717) is 0 Å². The third kappa shape index (κ3) is 4.68. The number of aromatic nitrogens is 1. The molecule has 0 fully saturated rings. The molecule has 0 saturated carbocycles. The van der Waals surface area contributed by atoms with Crippen LogP contribution in [0.3, 0.4) is 0 Å². The largest absolute Gasteiger partial charge is 0.456 e. The highest BCUT2D eigenvalue weighted by Crippen LogP contribution is 2.41. The average Bonchev–Trinajstić information content (AvgIpc) is 3.73. The van der Waals surface area contributed by atoms with Gasteiger partial charge in [0.2, 0.25) is 0 Å². The summed E-state index contributed by atoms with van der Waals surface area (Å²) in [5.41, 5.74) is 9.83. The Morgan fingerprint density at radius 1 is 0.449 bits per heavy atom. The van der Waals surface area contributed by atoms with Crippen LogP contribution in [0.1, 0.15) is 0 Å². The molecular formula is C45H28N2OS. The number of furan rings is 1. The number of anilines is 3. The van der Waals surface area contributed by atoms with Crippen molar-refractivity contribution in [3.05, 3.63) is 170 Å². The van der Waals surface area contributed by atoms with Crippen molar-refractivity contribution in [1.29, 1.82) is 0 Å². The number of hydrogen-bond donors (Lipinski definition) is 0. The zero-order chi connectivity index (χ0) is 32.3. The maximum atomic E-state index is 6.19. The molecule has 10 aromatic rings. The van der Waals surface area contributed by atoms with Gasteiger partial charge in [0.15, 0.2) is 0 Å². The van der Waals surface area contributed by atoms with E-state index in [1.807, 2.05) is 35.9 Å². The second-order valence-electron chi connectivity index (χ2n) is 12.4. The van der Waals surface area contributed by atoms with E-state index in [0.717, 1.165) is 39.0 Å². The Bertz CT molecular complexity index is 2820. The van der Waals surface area contributed by atoms with Crippen LogP contribution in [-0.2, 0) is 0 Å². The molecule has 0 amide bonds. The topological polar surface area (TPSA) is 29.3 Å². The fourth-order valence-electron chi connectivity index (χ4n) is 7.17. The predicted molar refractivity (Wildman–Crippen MR) is 207 cm³/mol. The minimum atomic E-state index is 0.887. The van der Waals surface area contributed by atoms with Crippen LogP contribution in [0.2, 0.25) is 0 Å². The van der Waals surface area contributed by atoms with Crippen molar-refractivity contribution in [2.45, 2.75) is 0 Å². The molecule has 0 atom stereocenters. The SMILES string of the molecule is c1ccc2c(-c3ccc(N(c4ccc(-c5ccc6sc7ccncc7c6c5)cc4)c4ccc5oc6ccccc6c5c4)cc3)cccc2c1. The van der Waals surface area contributed by atoms with Gasteiger partial charge in [-0.25, -0.2) is 0 Å². The van der Waals surface area contributed by atoms with Crippen molar-refractivity contribution < 1.29 is 4.42 Å². The third-order valence-electron chi connectivity index (χ3n) is 9.57. The number of benzene rings is 7. The smallest absolute Gasteiger partial charge is 0.135 e. The van der Waals surface area contributed by atoms with Crippen LogP contribution >= 0.6 is 11.3 Å². The summed E-state index contributed by atoms with van der Waals surface area (Å²) < 4.78 is 8.74. The highest BCUT2D eigenvalue weighted by Gasteiger charge is 2.17. The second kappa shape index (κ2) is 11.2. The first-order valence-electron chi connectivity index (χ1n) is 16.4. The standard InChI is InChI=1S/C45H28N2OS/c1-2-8-36-30(6-1)7-5-10-37(36)31-14-19-34(20-15-31)47(35-21-22-43-39(27-35)38-9-3-4-11-42(38)48-43)33-17-12-29(13-18-33)32-16-23-44-40(26-32)41-28-46-25-24-45(41)49-44/h1-28H. The van der Waals surface area contributed by atoms with E-state index in [1.165, 1.54) is 53.2 Å². The predicted octanol–water partition coefficient (Wildman–Crippen LogP) is 13.3. The Hall–Kier alpha value is -6.23. The fraction of sp³-hybridized carbons (Fsp3) is 0. The Morgan fingerprint density at radius 2 is 1.12 bits per heavy atom. The minimum Gasteiger partial charge on any atom is -0.456 e. The van der Waals surface area contributed by atoms with Crippen LogP contribution in [-0.4, -0.2) is 4.98 Å². The van der Waals surface area contributed by atoms with E-state index < -0.39 is 0 Å². The number of rotatable bonds is 5. The van der Waals surface area contributed by atoms with E-state index in [9.17, 15) is 0 Å². The molecule has 0 aliphatic heterocycles. The van der Waals surface area contributed by atoms with Gasteiger partial charge in [-0.05, 0) is 99.8 Å². The molecule has 3 heterocycles. The van der Waals surface area contributed by atoms with E-state index in [2.05, 4.69) is 155 Å². The molecule has 0 aliphatic rings. The molecule has 7 aromatic carbocycles. The second-order valence-corrected chi connectivity index (χ2v) is 13.5. The maximum Gasteiger partial charge on any atom is 0.135 e. The first kappa shape index (κ1) is 27.8. The Balaban J connectivity index is 1.08. The molecule has 230 valence electrons. The van der Waals surface area contributed by atoms with Crippen molar-refractivity contribution in [3.8, 4) is 22.3 Å². The summed E-state index contributed by atoms with van der Waals surface area (Å²) in [5, 5.41) is 7.19. The lowest BCUT2D eigenvalue weighted by Crippen LogP contribution is -2.09. The molecule has 3 nitrogen and oxygen atoms in total. The van der Waals surface area contributed by atoms with Gasteiger partial charge in [0.1, 0.15) is 11.2 Å². The summed E-state index contributed by atoms with van der Waals surface area (Å²) in [5.74, 6) is 0. The molecule has 0 aliphatic carbocycles. The van der Waals surface area contributed by atoms with E-state index >= 15 is 0 Å². The number of hydrogen-bond acceptors (Lipinski definition) is 4. The van der Waals surface area contributed by atoms with Gasteiger partial charge in [-0.15, -0.1) is 11.3 Å². The molecule has 10 rings (SSSR count). The molecule has 0 bridgehead atoms. The first-order chi connectivity index (χ1) is 24.3. The van der Waals surface area contributed by atoms with Crippen LogP contribution in [0.15, 0.2) is 175 Å². The summed E-state index contributed by atoms with van der Waals surface area (Å²) in [6.07, 6.45) is 3.84. The quantitative estimate of drug-likeness (QED) is 0.187. The van der Waals surface area contributed by atoms with E-state index in [1.54, 1.807) is 0 Å². The molecule has 0 saturated heterocycles. The summed E-state index contributed by atoms with van der Waals surface area (Å²) in [6.45, 7) is 0. The molecular weight excluding hydrogens is 617 g/mol. The van der Waals surface area contributed by atoms with Gasteiger partial charge in [0.25, 0.3) is 0 Å². The first-order valence-corrected chi connectivity index (χ1v) is 17.2. The molecule has 0 radical (unpaired) electrons. The van der Waals surface area contributed by atoms with Crippen LogP contribution < -0.4 is 4.90 Å². The van der Waals surface area contributed by atoms with Crippen molar-refractivity contribution in [2.24, 2.45) is 0 Å². The lowest BCUT2D eigenvalue weighted by atomic mass is 9.98. The van der Waals surface area contributed by atoms with Crippen molar-refractivity contribution in [2.75, 3.05) is 4.90 Å². The molecule has 4 heteroatoms. The van der Waals surface area contributed by atoms with Gasteiger partial charge in [0.05, 0.1) is 0 Å². The fourth-order valence-corrected chi connectivity index (χ4v) is 8.22. The normalized spacial score (nSPS) is 11.7. The third-order valence-corrected chi connectivity index (χ3v) is 10.7. The monoisotopic (exact) mass is 644 g/mol. The van der Waals surface area contributed by atoms with E-state index in [4.69, 9.17) is 4.42 Å². The zero-order valence-electron chi connectivity index (χ0n) is 26.4. The molecule has 3 aromatic heterocycles. The van der Waals surface area contributed by atoms with Crippen LogP contribution in [0, 0.1) is 0 Å². The lowest BCUT2D eigenvalue weighted by Gasteiger charge is -2.26. The summed E-state index contributed by atoms with van der Waals surface area (Å²) in [7, 11) is 0. The highest BCUT2D eigenvalue weighted by atomic mass is 32.1. The Morgan fingerprint density at radius 3 is 1.98 bits per heavy atom. The van der Waals surface area contributed by atoms with Gasteiger partial charge < -0.3 is 9.32 Å². The number of fused-ring (bicyclic) bond motifs is 7. The van der Waals surface area contributed by atoms with Crippen LogP contribution in [0.4, 0.5) is 17.1 Å². The van der Waals surface area contributed by atoms with Gasteiger partial charge >= 0.3 is 0 Å². The van der Waals surface area contributed by atoms with Gasteiger partial charge in [0, 0.05) is 60.4 Å². The zero-order valence-corrected chi connectivity index (χ0v) is 27.2. The summed E-state index contributed by atoms with van der Waals surface area (Å²) in [6, 6.07) is 56.5. The minimum absolute atomic E-state index is 0.887. The van der Waals surface area contributed by atoms with E-state index in [-0.39, 0.29) is 0 Å². The van der Waals surface area contributed by atoms with Crippen molar-refractivity contribution >= 4 is 81.3 Å². The number of para-hydroxylation sites is 1. The summed E-state index contributed by atoms with van der Waals surface area (Å²) in [4.78, 5) is 6.72. The molecule has 0 spiro atoms. The lowest BCUT2D eigenvalue weighted by molar-refractivity contribution is 0.669. The average molecular weight is 645 g/mol. The van der Waals surface area contributed by atoms with Crippen molar-refractivity contribution in [3.63, 3.8) is 0 Å². The number of pyridine rings is 1. The molecule has 49 heavy (non-hydrogen) atoms. The van der Waals surface area contributed by atoms with Gasteiger partial charge in [-0.3, -0.25) is 4.98 Å².